The fourth-order valence-electron chi connectivity index (χ4n) is 7.86. The van der Waals surface area contributed by atoms with Crippen LogP contribution < -0.4 is 5.32 Å². The van der Waals surface area contributed by atoms with E-state index >= 15 is 0 Å². The number of Topliss-reactive ketones (excluding diaryl/α,β-unsaturated/α-hetero) is 1. The molecule has 2 nitrogen and oxygen atoms in total. The molecule has 0 saturated heterocycles. The minimum Gasteiger partial charge on any atom is -0.385 e. The summed E-state index contributed by atoms with van der Waals surface area (Å²) in [5, 5.41) is 3.84. The molecule has 2 heteroatoms. The number of allylic oxidation sites excluding steroid dienone is 2. The normalized spacial score (nSPS) is 50.7. The van der Waals surface area contributed by atoms with Gasteiger partial charge in [0.15, 0.2) is 5.78 Å². The average molecular weight is 328 g/mol. The Bertz CT molecular complexity index is 617. The maximum absolute atomic E-state index is 12.5. The molecule has 0 aromatic heterocycles. The van der Waals surface area contributed by atoms with Crippen LogP contribution in [0.4, 0.5) is 0 Å². The molecule has 132 valence electrons. The number of hydrogen-bond donors (Lipinski definition) is 1. The van der Waals surface area contributed by atoms with Crippen LogP contribution in [-0.2, 0) is 4.79 Å². The van der Waals surface area contributed by atoms with Crippen LogP contribution in [0, 0.1) is 46.8 Å². The Hall–Kier alpha value is -0.790. The van der Waals surface area contributed by atoms with Crippen molar-refractivity contribution in [3.05, 3.63) is 11.3 Å². The molecular formula is C22H33NO. The number of fused-ring (bicyclic) bond motifs is 3. The van der Waals surface area contributed by atoms with Crippen LogP contribution in [0.25, 0.3) is 0 Å². The largest absolute Gasteiger partial charge is 0.385 e. The molecule has 5 aliphatic rings. The molecule has 3 bridgehead atoms. The Kier molecular flexibility index (Phi) is 3.15. The van der Waals surface area contributed by atoms with Crippen LogP contribution in [0.2, 0.25) is 0 Å². The third-order valence-electron chi connectivity index (χ3n) is 8.92. The van der Waals surface area contributed by atoms with Gasteiger partial charge in [0, 0.05) is 23.7 Å². The van der Waals surface area contributed by atoms with Crippen LogP contribution in [0.3, 0.4) is 0 Å². The van der Waals surface area contributed by atoms with E-state index in [9.17, 15) is 4.79 Å². The molecule has 5 aliphatic carbocycles. The summed E-state index contributed by atoms with van der Waals surface area (Å²) in [5.74, 6) is 6.38. The van der Waals surface area contributed by atoms with E-state index in [1.165, 1.54) is 37.8 Å². The van der Waals surface area contributed by atoms with E-state index in [0.717, 1.165) is 41.6 Å². The molecule has 1 N–H and O–H groups in total. The van der Waals surface area contributed by atoms with Gasteiger partial charge < -0.3 is 5.32 Å². The van der Waals surface area contributed by atoms with Crippen molar-refractivity contribution >= 4 is 5.78 Å². The maximum atomic E-state index is 12.5. The summed E-state index contributed by atoms with van der Waals surface area (Å²) < 4.78 is 0. The number of carbonyl (C=O) groups is 1. The lowest BCUT2D eigenvalue weighted by molar-refractivity contribution is -0.115. The van der Waals surface area contributed by atoms with Crippen molar-refractivity contribution < 1.29 is 4.79 Å². The van der Waals surface area contributed by atoms with Gasteiger partial charge in [-0.25, -0.2) is 0 Å². The smallest absolute Gasteiger partial charge is 0.161 e. The molecular weight excluding hydrogens is 294 g/mol. The average Bonchev–Trinajstić information content (AvgIpc) is 2.80. The minimum atomic E-state index is 0.359. The zero-order valence-corrected chi connectivity index (χ0v) is 15.8. The van der Waals surface area contributed by atoms with E-state index in [4.69, 9.17) is 0 Å². The van der Waals surface area contributed by atoms with Gasteiger partial charge >= 0.3 is 0 Å². The number of carbonyl (C=O) groups excluding carboxylic acids is 1. The number of nitrogens with one attached hydrogen (secondary N) is 1. The summed E-state index contributed by atoms with van der Waals surface area (Å²) in [4.78, 5) is 12.5. The molecule has 5 fully saturated rings. The predicted molar refractivity (Wildman–Crippen MR) is 96.2 cm³/mol. The summed E-state index contributed by atoms with van der Waals surface area (Å²) in [7, 11) is 0. The predicted octanol–water partition coefficient (Wildman–Crippen LogP) is 4.56. The van der Waals surface area contributed by atoms with Crippen LogP contribution >= 0.6 is 0 Å². The molecule has 0 unspecified atom stereocenters. The Morgan fingerprint density at radius 3 is 2.62 bits per heavy atom. The molecule has 5 saturated carbocycles. The van der Waals surface area contributed by atoms with Gasteiger partial charge in [0.2, 0.25) is 0 Å². The first-order chi connectivity index (χ1) is 11.4. The summed E-state index contributed by atoms with van der Waals surface area (Å²) in [6.45, 7) is 9.26. The Balaban J connectivity index is 1.36. The van der Waals surface area contributed by atoms with Crippen LogP contribution in [0.5, 0.6) is 0 Å². The molecule has 0 aromatic carbocycles. The van der Waals surface area contributed by atoms with Crippen LogP contribution in [0.1, 0.15) is 66.2 Å². The van der Waals surface area contributed by atoms with E-state index in [2.05, 4.69) is 33.0 Å². The maximum Gasteiger partial charge on any atom is 0.161 e. The Labute approximate surface area is 146 Å². The Morgan fingerprint density at radius 1 is 1.17 bits per heavy atom. The molecule has 8 atom stereocenters. The van der Waals surface area contributed by atoms with E-state index in [-0.39, 0.29) is 0 Å². The zero-order valence-electron chi connectivity index (χ0n) is 15.8. The van der Waals surface area contributed by atoms with Gasteiger partial charge in [0.1, 0.15) is 0 Å². The standard InChI is InChI=1S/C22H33NO/c1-11(19-15-6-5-14-7-13(8-15)9-16(14)19)23-12(2)20-18(24)10-17-21(20)22(17,3)4/h11,13-17,19,21,23H,5-10H2,1-4H3/b20-12+/t11-,13+,14+,15-,16+,17-,19-,21-/m1/s1. The zero-order chi connectivity index (χ0) is 16.8. The quantitative estimate of drug-likeness (QED) is 0.770. The first-order valence-corrected chi connectivity index (χ1v) is 10.4. The Morgan fingerprint density at radius 2 is 1.88 bits per heavy atom. The van der Waals surface area contributed by atoms with Crippen molar-refractivity contribution in [2.24, 2.45) is 46.8 Å². The van der Waals surface area contributed by atoms with Gasteiger partial charge in [-0.2, -0.15) is 0 Å². The second-order valence-corrected chi connectivity index (χ2v) is 10.4. The lowest BCUT2D eigenvalue weighted by atomic mass is 9.62. The van der Waals surface area contributed by atoms with Gasteiger partial charge in [-0.05, 0) is 92.8 Å². The fourth-order valence-corrected chi connectivity index (χ4v) is 7.86. The molecule has 5 rings (SSSR count). The first kappa shape index (κ1) is 15.5. The van der Waals surface area contributed by atoms with Gasteiger partial charge in [-0.15, -0.1) is 0 Å². The highest BCUT2D eigenvalue weighted by atomic mass is 16.1. The highest BCUT2D eigenvalue weighted by Gasteiger charge is 2.65. The molecule has 0 aliphatic heterocycles. The summed E-state index contributed by atoms with van der Waals surface area (Å²) in [5.41, 5.74) is 2.72. The lowest BCUT2D eigenvalue weighted by Gasteiger charge is -2.46. The van der Waals surface area contributed by atoms with Crippen molar-refractivity contribution in [3.8, 4) is 0 Å². The van der Waals surface area contributed by atoms with Crippen molar-refractivity contribution in [2.45, 2.75) is 72.3 Å². The molecule has 0 aromatic rings. The molecule has 0 radical (unpaired) electrons. The van der Waals surface area contributed by atoms with Gasteiger partial charge in [0.05, 0.1) is 0 Å². The fraction of sp³-hybridized carbons (Fsp3) is 0.864. The molecule has 24 heavy (non-hydrogen) atoms. The van der Waals surface area contributed by atoms with Gasteiger partial charge in [-0.3, -0.25) is 4.79 Å². The topological polar surface area (TPSA) is 29.1 Å². The van der Waals surface area contributed by atoms with E-state index < -0.39 is 0 Å². The van der Waals surface area contributed by atoms with Crippen molar-refractivity contribution in [3.63, 3.8) is 0 Å². The monoisotopic (exact) mass is 327 g/mol. The van der Waals surface area contributed by atoms with Gasteiger partial charge in [-0.1, -0.05) is 13.8 Å². The first-order valence-electron chi connectivity index (χ1n) is 10.4. The third kappa shape index (κ3) is 1.98. The second-order valence-electron chi connectivity index (χ2n) is 10.4. The van der Waals surface area contributed by atoms with E-state index in [1.807, 2.05) is 0 Å². The molecule has 0 heterocycles. The van der Waals surface area contributed by atoms with Crippen molar-refractivity contribution in [2.75, 3.05) is 0 Å². The van der Waals surface area contributed by atoms with Crippen LogP contribution in [0.15, 0.2) is 11.3 Å². The highest BCUT2D eigenvalue weighted by Crippen LogP contribution is 2.68. The minimum absolute atomic E-state index is 0.359. The van der Waals surface area contributed by atoms with E-state index in [0.29, 0.717) is 29.1 Å². The molecule has 0 amide bonds. The highest BCUT2D eigenvalue weighted by molar-refractivity contribution is 6.01. The van der Waals surface area contributed by atoms with Crippen LogP contribution in [-0.4, -0.2) is 11.8 Å². The summed E-state index contributed by atoms with van der Waals surface area (Å²) >= 11 is 0. The van der Waals surface area contributed by atoms with Crippen molar-refractivity contribution in [1.82, 2.24) is 5.32 Å². The molecule has 0 spiro atoms. The third-order valence-corrected chi connectivity index (χ3v) is 8.92. The lowest BCUT2D eigenvalue weighted by Crippen LogP contribution is -2.46. The van der Waals surface area contributed by atoms with Crippen molar-refractivity contribution in [1.29, 1.82) is 0 Å². The SMILES string of the molecule is C/C(N[C@H](C)[C@@H]1[C@@H]2CC[C@H]3C[C@@H](C2)C[C@@H]31)=C1/C(=O)C[C@@H]2[C@H]1C2(C)C. The number of rotatable bonds is 3. The van der Waals surface area contributed by atoms with Gasteiger partial charge in [0.25, 0.3) is 0 Å². The second kappa shape index (κ2) is 4.89. The summed E-state index contributed by atoms with van der Waals surface area (Å²) in [6, 6.07) is 0.531. The van der Waals surface area contributed by atoms with E-state index in [1.54, 1.807) is 0 Å². The number of hydrogen-bond acceptors (Lipinski definition) is 2. The summed E-state index contributed by atoms with van der Waals surface area (Å²) in [6.07, 6.45) is 8.23. The number of ketones is 1.